The smallest absolute Gasteiger partial charge is 0.254 e. The monoisotopic (exact) mass is 372 g/mol. The molecular weight excluding hydrogens is 348 g/mol. The lowest BCUT2D eigenvalue weighted by Gasteiger charge is -2.17. The highest BCUT2D eigenvalue weighted by Gasteiger charge is 2.35. The van der Waals surface area contributed by atoms with Crippen molar-refractivity contribution in [2.24, 2.45) is 0 Å². The molecule has 1 aromatic carbocycles. The Labute approximate surface area is 164 Å². The van der Waals surface area contributed by atoms with E-state index in [9.17, 15) is 4.79 Å². The number of carbonyl (C=O) groups is 1. The highest BCUT2D eigenvalue weighted by Crippen LogP contribution is 2.46. The first-order valence-corrected chi connectivity index (χ1v) is 10.6. The molecule has 0 N–H and O–H groups in total. The molecule has 2 aliphatic carbocycles. The summed E-state index contributed by atoms with van der Waals surface area (Å²) in [6, 6.07) is 12.3. The van der Waals surface area contributed by atoms with E-state index in [1.807, 2.05) is 27.8 Å². The molecule has 1 aliphatic heterocycles. The van der Waals surface area contributed by atoms with Gasteiger partial charge in [-0.1, -0.05) is 18.2 Å². The lowest BCUT2D eigenvalue weighted by molar-refractivity contribution is 0.0794. The number of hydrogen-bond donors (Lipinski definition) is 0. The molecular formula is C23H24N4O. The number of aromatic nitrogens is 3. The van der Waals surface area contributed by atoms with Crippen LogP contribution in [-0.4, -0.2) is 38.7 Å². The van der Waals surface area contributed by atoms with Gasteiger partial charge in [0.25, 0.3) is 5.91 Å². The van der Waals surface area contributed by atoms with Crippen molar-refractivity contribution in [2.45, 2.75) is 50.4 Å². The zero-order valence-electron chi connectivity index (χ0n) is 16.0. The molecule has 0 radical (unpaired) electrons. The Morgan fingerprint density at radius 3 is 2.36 bits per heavy atom. The van der Waals surface area contributed by atoms with Crippen LogP contribution in [0.25, 0.3) is 16.7 Å². The van der Waals surface area contributed by atoms with Gasteiger partial charge < -0.3 is 4.90 Å². The molecule has 6 rings (SSSR count). The third kappa shape index (κ3) is 2.64. The lowest BCUT2D eigenvalue weighted by Crippen LogP contribution is -2.28. The second-order valence-corrected chi connectivity index (χ2v) is 8.47. The first-order chi connectivity index (χ1) is 13.8. The molecule has 1 saturated heterocycles. The number of rotatable bonds is 4. The van der Waals surface area contributed by atoms with Crippen LogP contribution in [0.5, 0.6) is 0 Å². The number of likely N-dealkylation sites (tertiary alicyclic amines) is 1. The number of fused-ring (bicyclic) bond motifs is 1. The largest absolute Gasteiger partial charge is 0.339 e. The predicted molar refractivity (Wildman–Crippen MR) is 108 cm³/mol. The number of hydrogen-bond acceptors (Lipinski definition) is 3. The van der Waals surface area contributed by atoms with Gasteiger partial charge in [0.15, 0.2) is 5.65 Å². The summed E-state index contributed by atoms with van der Waals surface area (Å²) in [5, 5.41) is 5.99. The second-order valence-electron chi connectivity index (χ2n) is 8.47. The molecule has 0 unspecified atom stereocenters. The fourth-order valence-electron chi connectivity index (χ4n) is 4.40. The van der Waals surface area contributed by atoms with Crippen LogP contribution >= 0.6 is 0 Å². The molecule has 2 aromatic heterocycles. The summed E-state index contributed by atoms with van der Waals surface area (Å²) >= 11 is 0. The van der Waals surface area contributed by atoms with Gasteiger partial charge in [0.1, 0.15) is 0 Å². The number of benzene rings is 1. The first-order valence-electron chi connectivity index (χ1n) is 10.6. The van der Waals surface area contributed by atoms with Crippen LogP contribution in [0.15, 0.2) is 36.4 Å². The Bertz CT molecular complexity index is 1060. The number of carbonyl (C=O) groups excluding carboxylic acids is 1. The van der Waals surface area contributed by atoms with Gasteiger partial charge in [0.05, 0.1) is 22.3 Å². The fraction of sp³-hybridized carbons (Fsp3) is 0.435. The van der Waals surface area contributed by atoms with Gasteiger partial charge in [0, 0.05) is 30.6 Å². The third-order valence-corrected chi connectivity index (χ3v) is 6.27. The molecule has 2 saturated carbocycles. The highest BCUT2D eigenvalue weighted by molar-refractivity contribution is 6.07. The Kier molecular flexibility index (Phi) is 3.58. The van der Waals surface area contributed by atoms with Crippen molar-refractivity contribution < 1.29 is 4.79 Å². The zero-order chi connectivity index (χ0) is 18.7. The van der Waals surface area contributed by atoms with E-state index in [-0.39, 0.29) is 5.91 Å². The van der Waals surface area contributed by atoms with Crippen molar-refractivity contribution >= 4 is 16.9 Å². The average Bonchev–Trinajstić information content (AvgIpc) is 3.67. The van der Waals surface area contributed by atoms with E-state index >= 15 is 0 Å². The van der Waals surface area contributed by atoms with Crippen LogP contribution in [0.4, 0.5) is 0 Å². The Morgan fingerprint density at radius 2 is 1.68 bits per heavy atom. The summed E-state index contributed by atoms with van der Waals surface area (Å²) in [4.78, 5) is 20.5. The van der Waals surface area contributed by atoms with E-state index in [1.165, 1.54) is 12.8 Å². The van der Waals surface area contributed by atoms with E-state index in [0.717, 1.165) is 72.4 Å². The normalized spacial score (nSPS) is 19.5. The van der Waals surface area contributed by atoms with Crippen LogP contribution < -0.4 is 0 Å². The maximum Gasteiger partial charge on any atom is 0.254 e. The highest BCUT2D eigenvalue weighted by atomic mass is 16.2. The summed E-state index contributed by atoms with van der Waals surface area (Å²) in [5.74, 6) is 1.13. The molecule has 5 nitrogen and oxygen atoms in total. The lowest BCUT2D eigenvalue weighted by atomic mass is 10.0. The zero-order valence-corrected chi connectivity index (χ0v) is 16.0. The molecule has 3 aliphatic rings. The van der Waals surface area contributed by atoms with Gasteiger partial charge in [-0.15, -0.1) is 0 Å². The van der Waals surface area contributed by atoms with E-state index in [4.69, 9.17) is 10.1 Å². The van der Waals surface area contributed by atoms with Gasteiger partial charge in [-0.2, -0.15) is 5.10 Å². The van der Waals surface area contributed by atoms with E-state index in [1.54, 1.807) is 0 Å². The van der Waals surface area contributed by atoms with E-state index in [2.05, 4.69) is 18.2 Å². The number of nitrogens with zero attached hydrogens (tertiary/aromatic N) is 4. The first kappa shape index (κ1) is 16.3. The molecule has 0 bridgehead atoms. The van der Waals surface area contributed by atoms with Crippen molar-refractivity contribution in [3.63, 3.8) is 0 Å². The molecule has 5 heteroatoms. The predicted octanol–water partition coefficient (Wildman–Crippen LogP) is 4.41. The van der Waals surface area contributed by atoms with Gasteiger partial charge in [-0.3, -0.25) is 4.79 Å². The van der Waals surface area contributed by atoms with Crippen molar-refractivity contribution in [3.05, 3.63) is 53.3 Å². The summed E-state index contributed by atoms with van der Waals surface area (Å²) in [5.41, 5.74) is 4.84. The number of para-hydroxylation sites is 1. The standard InChI is InChI=1S/C23H24N4O/c28-23(26-12-4-5-13-26)18-14-19(15-8-9-15)24-22-20(18)21(16-10-11-16)25-27(22)17-6-2-1-3-7-17/h1-3,6-7,14-16H,4-5,8-13H2. The van der Waals surface area contributed by atoms with Crippen molar-refractivity contribution in [1.29, 1.82) is 0 Å². The van der Waals surface area contributed by atoms with Crippen LogP contribution in [0.2, 0.25) is 0 Å². The molecule has 3 fully saturated rings. The van der Waals surface area contributed by atoms with Gasteiger partial charge >= 0.3 is 0 Å². The minimum absolute atomic E-state index is 0.168. The third-order valence-electron chi connectivity index (χ3n) is 6.27. The maximum absolute atomic E-state index is 13.5. The number of amides is 1. The minimum atomic E-state index is 0.168. The van der Waals surface area contributed by atoms with Crippen LogP contribution in [0.1, 0.15) is 72.1 Å². The van der Waals surface area contributed by atoms with Crippen molar-refractivity contribution in [2.75, 3.05) is 13.1 Å². The summed E-state index contributed by atoms with van der Waals surface area (Å²) in [6.45, 7) is 1.74. The fourth-order valence-corrected chi connectivity index (χ4v) is 4.40. The maximum atomic E-state index is 13.5. The summed E-state index contributed by atoms with van der Waals surface area (Å²) < 4.78 is 1.97. The van der Waals surface area contributed by atoms with Gasteiger partial charge in [-0.05, 0) is 56.7 Å². The average molecular weight is 372 g/mol. The molecule has 0 atom stereocenters. The van der Waals surface area contributed by atoms with Crippen LogP contribution in [0, 0.1) is 0 Å². The SMILES string of the molecule is O=C(c1cc(C2CC2)nc2c1c(C1CC1)nn2-c1ccccc1)N1CCCC1. The number of pyridine rings is 1. The quantitative estimate of drug-likeness (QED) is 0.681. The van der Waals surface area contributed by atoms with E-state index < -0.39 is 0 Å². The van der Waals surface area contributed by atoms with E-state index in [0.29, 0.717) is 11.8 Å². The Balaban J connectivity index is 1.61. The Hall–Kier alpha value is -2.69. The molecule has 0 spiro atoms. The van der Waals surface area contributed by atoms with Crippen LogP contribution in [0.3, 0.4) is 0 Å². The Morgan fingerprint density at radius 1 is 0.964 bits per heavy atom. The van der Waals surface area contributed by atoms with Crippen LogP contribution in [-0.2, 0) is 0 Å². The topological polar surface area (TPSA) is 51.0 Å². The molecule has 28 heavy (non-hydrogen) atoms. The van der Waals surface area contributed by atoms with Crippen molar-refractivity contribution in [1.82, 2.24) is 19.7 Å². The molecule has 3 heterocycles. The molecule has 142 valence electrons. The summed E-state index contributed by atoms with van der Waals surface area (Å²) in [7, 11) is 0. The van der Waals surface area contributed by atoms with Crippen molar-refractivity contribution in [3.8, 4) is 5.69 Å². The summed E-state index contributed by atoms with van der Waals surface area (Å²) in [6.07, 6.45) is 6.86. The molecule has 1 amide bonds. The van der Waals surface area contributed by atoms with Gasteiger partial charge in [-0.25, -0.2) is 9.67 Å². The minimum Gasteiger partial charge on any atom is -0.339 e. The second kappa shape index (κ2) is 6.16. The van der Waals surface area contributed by atoms with Gasteiger partial charge in [0.2, 0.25) is 0 Å². The molecule has 3 aromatic rings.